The number of thioether (sulfide) groups is 1. The molecule has 0 aromatic rings. The van der Waals surface area contributed by atoms with Crippen LogP contribution in [-0.2, 0) is 4.79 Å². The molecule has 2 heterocycles. The van der Waals surface area contributed by atoms with E-state index in [4.69, 9.17) is 0 Å². The Morgan fingerprint density at radius 2 is 2.45 bits per heavy atom. The molecular weight excluding hydrogens is 228 g/mol. The molecule has 0 radical (unpaired) electrons. The number of hydrogen-bond acceptors (Lipinski definition) is 3. The van der Waals surface area contributed by atoms with E-state index in [9.17, 15) is 4.79 Å². The van der Waals surface area contributed by atoms with Gasteiger partial charge in [0.15, 0.2) is 0 Å². The van der Waals surface area contributed by atoms with Crippen LogP contribution in [0.25, 0.3) is 0 Å². The van der Waals surface area contributed by atoms with Gasteiger partial charge < -0.3 is 0 Å². The van der Waals surface area contributed by atoms with Gasteiger partial charge in [0.1, 0.15) is 11.6 Å². The zero-order valence-electron chi connectivity index (χ0n) is 5.32. The van der Waals surface area contributed by atoms with Crippen molar-refractivity contribution in [2.24, 2.45) is 9.98 Å². The van der Waals surface area contributed by atoms with E-state index in [1.54, 1.807) is 0 Å². The van der Waals surface area contributed by atoms with Crippen LogP contribution >= 0.6 is 27.7 Å². The molecule has 0 fully saturated rings. The summed E-state index contributed by atoms with van der Waals surface area (Å²) in [7, 11) is 0. The molecule has 0 spiro atoms. The van der Waals surface area contributed by atoms with Crippen molar-refractivity contribution in [2.75, 3.05) is 0 Å². The molecular formula is C6H3BrN2OS. The van der Waals surface area contributed by atoms with Crippen molar-refractivity contribution in [3.8, 4) is 0 Å². The van der Waals surface area contributed by atoms with Crippen molar-refractivity contribution >= 4 is 45.6 Å². The maximum absolute atomic E-state index is 11.1. The molecule has 1 amide bonds. The van der Waals surface area contributed by atoms with E-state index in [1.165, 1.54) is 18.1 Å². The van der Waals surface area contributed by atoms with Crippen LogP contribution in [0.5, 0.6) is 0 Å². The van der Waals surface area contributed by atoms with Crippen LogP contribution in [0.3, 0.4) is 0 Å². The first kappa shape index (κ1) is 7.24. The van der Waals surface area contributed by atoms with E-state index in [-0.39, 0.29) is 11.2 Å². The Kier molecular flexibility index (Phi) is 1.69. The van der Waals surface area contributed by atoms with Crippen LogP contribution in [0.1, 0.15) is 0 Å². The average Bonchev–Trinajstić information content (AvgIpc) is 2.31. The van der Waals surface area contributed by atoms with Crippen LogP contribution < -0.4 is 0 Å². The Hall–Kier alpha value is -0.420. The molecule has 0 N–H and O–H groups in total. The van der Waals surface area contributed by atoms with Gasteiger partial charge in [-0.15, -0.1) is 0 Å². The van der Waals surface area contributed by atoms with Gasteiger partial charge in [-0.05, 0) is 22.0 Å². The number of aliphatic imine (C=N–C) groups is 2. The van der Waals surface area contributed by atoms with E-state index in [1.807, 2.05) is 6.08 Å². The summed E-state index contributed by atoms with van der Waals surface area (Å²) in [5, 5.41) is -0.200. The topological polar surface area (TPSA) is 41.8 Å². The largest absolute Gasteiger partial charge is 0.271 e. The highest BCUT2D eigenvalue weighted by atomic mass is 79.9. The molecule has 0 aromatic carbocycles. The lowest BCUT2D eigenvalue weighted by atomic mass is 10.2. The minimum atomic E-state index is -0.200. The molecule has 56 valence electrons. The second-order valence-electron chi connectivity index (χ2n) is 2.08. The maximum atomic E-state index is 11.1. The number of rotatable bonds is 0. The number of carbonyl (C=O) groups is 1. The van der Waals surface area contributed by atoms with Gasteiger partial charge >= 0.3 is 0 Å². The van der Waals surface area contributed by atoms with Gasteiger partial charge in [0.25, 0.3) is 5.91 Å². The smallest absolute Gasteiger partial charge is 0.266 e. The molecule has 0 bridgehead atoms. The van der Waals surface area contributed by atoms with Crippen molar-refractivity contribution < 1.29 is 4.79 Å². The molecule has 1 unspecified atom stereocenters. The first-order chi connectivity index (χ1) is 5.27. The third-order valence-electron chi connectivity index (χ3n) is 1.38. The molecule has 3 nitrogen and oxygen atoms in total. The standard InChI is InChI=1S/C6H3BrN2OS/c7-4-1-3-5(11-4)6(10)9-2-8-3/h1-2,5H. The van der Waals surface area contributed by atoms with Gasteiger partial charge in [0.05, 0.1) is 9.53 Å². The third-order valence-corrected chi connectivity index (χ3v) is 3.19. The lowest BCUT2D eigenvalue weighted by molar-refractivity contribution is -0.116. The zero-order chi connectivity index (χ0) is 7.84. The van der Waals surface area contributed by atoms with Crippen molar-refractivity contribution in [3.63, 3.8) is 0 Å². The lowest BCUT2D eigenvalue weighted by Crippen LogP contribution is -2.24. The summed E-state index contributed by atoms with van der Waals surface area (Å²) in [5.41, 5.74) is 0.793. The Morgan fingerprint density at radius 1 is 1.64 bits per heavy atom. The van der Waals surface area contributed by atoms with E-state index in [0.717, 1.165) is 9.53 Å². The molecule has 5 heteroatoms. The Labute approximate surface area is 75.8 Å². The molecule has 0 aliphatic carbocycles. The lowest BCUT2D eigenvalue weighted by Gasteiger charge is -2.06. The molecule has 2 rings (SSSR count). The Morgan fingerprint density at radius 3 is 3.18 bits per heavy atom. The van der Waals surface area contributed by atoms with Gasteiger partial charge in [-0.1, -0.05) is 11.8 Å². The van der Waals surface area contributed by atoms with Crippen LogP contribution in [0.4, 0.5) is 0 Å². The molecule has 1 atom stereocenters. The fourth-order valence-corrected chi connectivity index (χ4v) is 2.52. The average molecular weight is 231 g/mol. The summed E-state index contributed by atoms with van der Waals surface area (Å²) in [4.78, 5) is 18.6. The van der Waals surface area contributed by atoms with E-state index in [2.05, 4.69) is 25.9 Å². The first-order valence-electron chi connectivity index (χ1n) is 2.95. The van der Waals surface area contributed by atoms with Crippen LogP contribution in [0.2, 0.25) is 0 Å². The van der Waals surface area contributed by atoms with Crippen molar-refractivity contribution in [1.82, 2.24) is 0 Å². The number of nitrogens with zero attached hydrogens (tertiary/aromatic N) is 2. The van der Waals surface area contributed by atoms with E-state index in [0.29, 0.717) is 0 Å². The number of fused-ring (bicyclic) bond motifs is 1. The zero-order valence-corrected chi connectivity index (χ0v) is 7.72. The fourth-order valence-electron chi connectivity index (χ4n) is 0.901. The summed E-state index contributed by atoms with van der Waals surface area (Å²) in [6, 6.07) is 0. The van der Waals surface area contributed by atoms with Crippen LogP contribution in [0.15, 0.2) is 19.9 Å². The summed E-state index contributed by atoms with van der Waals surface area (Å²) in [5.74, 6) is -0.120. The number of halogens is 1. The monoisotopic (exact) mass is 230 g/mol. The van der Waals surface area contributed by atoms with Crippen molar-refractivity contribution in [3.05, 3.63) is 9.89 Å². The fraction of sp³-hybridized carbons (Fsp3) is 0.167. The van der Waals surface area contributed by atoms with E-state index >= 15 is 0 Å². The maximum Gasteiger partial charge on any atom is 0.266 e. The Bertz CT molecular complexity index is 308. The quantitative estimate of drug-likeness (QED) is 0.631. The SMILES string of the molecule is O=C1N=CN=C2C=C(Br)SC12. The Balaban J connectivity index is 2.38. The first-order valence-corrected chi connectivity index (χ1v) is 4.62. The van der Waals surface area contributed by atoms with Crippen molar-refractivity contribution in [1.29, 1.82) is 0 Å². The van der Waals surface area contributed by atoms with E-state index < -0.39 is 0 Å². The predicted molar refractivity (Wildman–Crippen MR) is 49.3 cm³/mol. The second-order valence-corrected chi connectivity index (χ2v) is 4.61. The molecule has 0 aromatic heterocycles. The van der Waals surface area contributed by atoms with Crippen LogP contribution in [0, 0.1) is 0 Å². The summed E-state index contributed by atoms with van der Waals surface area (Å²) >= 11 is 4.73. The highest BCUT2D eigenvalue weighted by Crippen LogP contribution is 2.36. The minimum absolute atomic E-state index is 0.120. The summed E-state index contributed by atoms with van der Waals surface area (Å²) in [6.07, 6.45) is 3.15. The molecule has 0 saturated heterocycles. The minimum Gasteiger partial charge on any atom is -0.271 e. The predicted octanol–water partition coefficient (Wildman–Crippen LogP) is 1.35. The highest BCUT2D eigenvalue weighted by molar-refractivity contribution is 9.14. The third kappa shape index (κ3) is 1.18. The number of allylic oxidation sites excluding steroid dienone is 1. The molecule has 2 aliphatic rings. The number of amides is 1. The van der Waals surface area contributed by atoms with Crippen molar-refractivity contribution in [2.45, 2.75) is 5.25 Å². The van der Waals surface area contributed by atoms with Gasteiger partial charge in [-0.3, -0.25) is 4.79 Å². The molecule has 2 aliphatic heterocycles. The molecule has 0 saturated carbocycles. The second kappa shape index (κ2) is 2.57. The number of hydrogen-bond donors (Lipinski definition) is 0. The van der Waals surface area contributed by atoms with Gasteiger partial charge in [-0.2, -0.15) is 0 Å². The summed E-state index contributed by atoms with van der Waals surface area (Å²) in [6.45, 7) is 0. The molecule has 11 heavy (non-hydrogen) atoms. The van der Waals surface area contributed by atoms with Crippen LogP contribution in [-0.4, -0.2) is 23.2 Å². The number of carbonyl (C=O) groups excluding carboxylic acids is 1. The van der Waals surface area contributed by atoms with Gasteiger partial charge in [0.2, 0.25) is 0 Å². The summed E-state index contributed by atoms with van der Waals surface area (Å²) < 4.78 is 0.945. The highest BCUT2D eigenvalue weighted by Gasteiger charge is 2.31. The van der Waals surface area contributed by atoms with Gasteiger partial charge in [0, 0.05) is 0 Å². The van der Waals surface area contributed by atoms with Gasteiger partial charge in [-0.25, -0.2) is 9.98 Å². The normalized spacial score (nSPS) is 28.1.